The lowest BCUT2D eigenvalue weighted by Gasteiger charge is -2.22. The van der Waals surface area contributed by atoms with Crippen molar-refractivity contribution in [3.63, 3.8) is 0 Å². The van der Waals surface area contributed by atoms with Crippen LogP contribution in [-0.4, -0.2) is 45.2 Å². The molecule has 1 atom stereocenters. The standard InChI is InChI=1S/C17H18N4O3/c22-17(6-4-13-3-5-15-16(10-13)24-12-23-15)20-9-1-2-14(20)11-21-18-7-8-19-21/h3-8,10,14H,1-2,9,11-12H2/b6-4+. The number of benzene rings is 1. The van der Waals surface area contributed by atoms with Crippen molar-refractivity contribution in [3.05, 3.63) is 42.2 Å². The summed E-state index contributed by atoms with van der Waals surface area (Å²) in [6, 6.07) is 5.79. The second-order valence-corrected chi connectivity index (χ2v) is 5.86. The third kappa shape index (κ3) is 2.97. The predicted molar refractivity (Wildman–Crippen MR) is 86.4 cm³/mol. The van der Waals surface area contributed by atoms with Crippen LogP contribution in [0.15, 0.2) is 36.7 Å². The molecule has 7 heteroatoms. The number of carbonyl (C=O) groups excluding carboxylic acids is 1. The molecule has 2 aliphatic rings. The summed E-state index contributed by atoms with van der Waals surface area (Å²) < 4.78 is 10.6. The van der Waals surface area contributed by atoms with E-state index in [1.54, 1.807) is 23.3 Å². The number of ether oxygens (including phenoxy) is 2. The van der Waals surface area contributed by atoms with Crippen molar-refractivity contribution >= 4 is 12.0 Å². The van der Waals surface area contributed by atoms with Gasteiger partial charge in [-0.05, 0) is 36.6 Å². The van der Waals surface area contributed by atoms with Gasteiger partial charge in [0.15, 0.2) is 11.5 Å². The molecule has 24 heavy (non-hydrogen) atoms. The van der Waals surface area contributed by atoms with E-state index in [4.69, 9.17) is 9.47 Å². The van der Waals surface area contributed by atoms with Crippen molar-refractivity contribution in [1.29, 1.82) is 0 Å². The maximum atomic E-state index is 12.5. The Morgan fingerprint density at radius 2 is 2.08 bits per heavy atom. The molecule has 1 saturated heterocycles. The molecular formula is C17H18N4O3. The average Bonchev–Trinajstić information content (AvgIpc) is 3.34. The zero-order valence-corrected chi connectivity index (χ0v) is 13.2. The van der Waals surface area contributed by atoms with Gasteiger partial charge < -0.3 is 14.4 Å². The Kier molecular flexibility index (Phi) is 3.90. The number of rotatable bonds is 4. The van der Waals surface area contributed by atoms with E-state index in [0.717, 1.165) is 30.7 Å². The van der Waals surface area contributed by atoms with Crippen LogP contribution in [0.4, 0.5) is 0 Å². The van der Waals surface area contributed by atoms with Crippen molar-refractivity contribution in [3.8, 4) is 11.5 Å². The second-order valence-electron chi connectivity index (χ2n) is 5.86. The number of hydrogen-bond donors (Lipinski definition) is 0. The summed E-state index contributed by atoms with van der Waals surface area (Å²) in [6.45, 7) is 1.66. The van der Waals surface area contributed by atoms with Crippen molar-refractivity contribution in [1.82, 2.24) is 19.9 Å². The molecule has 3 heterocycles. The molecule has 0 saturated carbocycles. The highest BCUT2D eigenvalue weighted by atomic mass is 16.7. The summed E-state index contributed by atoms with van der Waals surface area (Å²) in [7, 11) is 0. The highest BCUT2D eigenvalue weighted by molar-refractivity contribution is 5.92. The van der Waals surface area contributed by atoms with Crippen molar-refractivity contribution in [2.24, 2.45) is 0 Å². The van der Waals surface area contributed by atoms with E-state index in [9.17, 15) is 4.79 Å². The first-order valence-corrected chi connectivity index (χ1v) is 8.02. The summed E-state index contributed by atoms with van der Waals surface area (Å²) in [5.41, 5.74) is 0.914. The smallest absolute Gasteiger partial charge is 0.246 e. The minimum absolute atomic E-state index is 0.0160. The summed E-state index contributed by atoms with van der Waals surface area (Å²) >= 11 is 0. The van der Waals surface area contributed by atoms with E-state index in [2.05, 4.69) is 10.2 Å². The molecule has 1 unspecified atom stereocenters. The lowest BCUT2D eigenvalue weighted by Crippen LogP contribution is -2.37. The quantitative estimate of drug-likeness (QED) is 0.800. The molecule has 1 aromatic carbocycles. The summed E-state index contributed by atoms with van der Waals surface area (Å²) in [5, 5.41) is 8.25. The number of likely N-dealkylation sites (tertiary alicyclic amines) is 1. The fraction of sp³-hybridized carbons (Fsp3) is 0.353. The minimum atomic E-state index is 0.0160. The van der Waals surface area contributed by atoms with Crippen LogP contribution >= 0.6 is 0 Å². The number of carbonyl (C=O) groups is 1. The highest BCUT2D eigenvalue weighted by Gasteiger charge is 2.28. The fourth-order valence-corrected chi connectivity index (χ4v) is 3.12. The van der Waals surface area contributed by atoms with Gasteiger partial charge in [0, 0.05) is 12.6 Å². The Bertz CT molecular complexity index is 757. The van der Waals surface area contributed by atoms with Gasteiger partial charge in [-0.1, -0.05) is 6.07 Å². The van der Waals surface area contributed by atoms with Gasteiger partial charge in [-0.2, -0.15) is 15.0 Å². The molecule has 2 aromatic rings. The molecule has 124 valence electrons. The number of hydrogen-bond acceptors (Lipinski definition) is 5. The predicted octanol–water partition coefficient (Wildman–Crippen LogP) is 1.71. The Labute approximate surface area is 139 Å². The number of nitrogens with zero attached hydrogens (tertiary/aromatic N) is 4. The van der Waals surface area contributed by atoms with Crippen LogP contribution in [0.2, 0.25) is 0 Å². The van der Waals surface area contributed by atoms with Crippen LogP contribution in [-0.2, 0) is 11.3 Å². The van der Waals surface area contributed by atoms with Crippen LogP contribution in [0.1, 0.15) is 18.4 Å². The van der Waals surface area contributed by atoms with Crippen LogP contribution in [0.25, 0.3) is 6.08 Å². The van der Waals surface area contributed by atoms with Crippen LogP contribution in [0.3, 0.4) is 0 Å². The van der Waals surface area contributed by atoms with Gasteiger partial charge in [0.1, 0.15) is 0 Å². The minimum Gasteiger partial charge on any atom is -0.454 e. The first-order chi connectivity index (χ1) is 11.8. The summed E-state index contributed by atoms with van der Waals surface area (Å²) in [5.74, 6) is 1.47. The second kappa shape index (κ2) is 6.35. The van der Waals surface area contributed by atoms with Gasteiger partial charge in [0.25, 0.3) is 0 Å². The molecule has 1 aromatic heterocycles. The van der Waals surface area contributed by atoms with Crippen molar-refractivity contribution < 1.29 is 14.3 Å². The van der Waals surface area contributed by atoms with E-state index >= 15 is 0 Å². The molecule has 0 bridgehead atoms. The Hall–Kier alpha value is -2.83. The molecule has 4 rings (SSSR count). The largest absolute Gasteiger partial charge is 0.454 e. The molecule has 0 spiro atoms. The van der Waals surface area contributed by atoms with E-state index in [0.29, 0.717) is 12.3 Å². The van der Waals surface area contributed by atoms with Gasteiger partial charge >= 0.3 is 0 Å². The first-order valence-electron chi connectivity index (χ1n) is 8.02. The molecular weight excluding hydrogens is 308 g/mol. The molecule has 0 radical (unpaired) electrons. The molecule has 1 fully saturated rings. The maximum Gasteiger partial charge on any atom is 0.246 e. The lowest BCUT2D eigenvalue weighted by molar-refractivity contribution is -0.127. The van der Waals surface area contributed by atoms with Gasteiger partial charge in [-0.25, -0.2) is 0 Å². The topological polar surface area (TPSA) is 69.5 Å². The van der Waals surface area contributed by atoms with Crippen LogP contribution < -0.4 is 9.47 Å². The highest BCUT2D eigenvalue weighted by Crippen LogP contribution is 2.32. The molecule has 0 aliphatic carbocycles. The van der Waals surface area contributed by atoms with Crippen molar-refractivity contribution in [2.75, 3.05) is 13.3 Å². The lowest BCUT2D eigenvalue weighted by atomic mass is 10.2. The number of aromatic nitrogens is 3. The molecule has 0 N–H and O–H groups in total. The monoisotopic (exact) mass is 326 g/mol. The summed E-state index contributed by atoms with van der Waals surface area (Å²) in [6.07, 6.45) is 8.72. The van der Waals surface area contributed by atoms with Crippen LogP contribution in [0, 0.1) is 0 Å². The third-order valence-corrected chi connectivity index (χ3v) is 4.32. The zero-order valence-electron chi connectivity index (χ0n) is 13.2. The first kappa shape index (κ1) is 14.7. The van der Waals surface area contributed by atoms with Gasteiger partial charge in [-0.15, -0.1) is 0 Å². The average molecular weight is 326 g/mol. The number of fused-ring (bicyclic) bond motifs is 1. The Morgan fingerprint density at radius 1 is 1.25 bits per heavy atom. The molecule has 7 nitrogen and oxygen atoms in total. The van der Waals surface area contributed by atoms with Gasteiger partial charge in [0.2, 0.25) is 12.7 Å². The normalized spacial score (nSPS) is 19.3. The van der Waals surface area contributed by atoms with Gasteiger partial charge in [0.05, 0.1) is 25.0 Å². The zero-order chi connectivity index (χ0) is 16.4. The van der Waals surface area contributed by atoms with E-state index < -0.39 is 0 Å². The Balaban J connectivity index is 1.43. The van der Waals surface area contributed by atoms with Gasteiger partial charge in [-0.3, -0.25) is 4.79 Å². The number of amides is 1. The maximum absolute atomic E-state index is 12.5. The third-order valence-electron chi connectivity index (χ3n) is 4.32. The fourth-order valence-electron chi connectivity index (χ4n) is 3.12. The van der Waals surface area contributed by atoms with E-state index in [1.807, 2.05) is 29.2 Å². The molecule has 2 aliphatic heterocycles. The van der Waals surface area contributed by atoms with Crippen molar-refractivity contribution in [2.45, 2.75) is 25.4 Å². The van der Waals surface area contributed by atoms with E-state index in [-0.39, 0.29) is 18.7 Å². The van der Waals surface area contributed by atoms with E-state index in [1.165, 1.54) is 0 Å². The summed E-state index contributed by atoms with van der Waals surface area (Å²) in [4.78, 5) is 16.1. The van der Waals surface area contributed by atoms with Crippen LogP contribution in [0.5, 0.6) is 11.5 Å². The molecule has 1 amide bonds. The SMILES string of the molecule is O=C(/C=C/c1ccc2c(c1)OCO2)N1CCCC1Cn1nccn1. The Morgan fingerprint density at radius 3 is 2.96 bits per heavy atom.